The standard InChI is InChI=1S/C39H52Cl2N8O2/c1-23(2)46-13-15-47(16-14-46)38-45-34-20-29(9-10-30(34)36(51)49(38)12-11-26-7-8-28(40)19-32(26)41)43-37(48-21-24(3)42-35(50)22-48)44-33-18-27-17-31(25(33)4)39(27,5)6/h7-10,19-20,23-25,27,31,33H,11-18,21-22H2,1-6H3,(H,42,50)(H,43,44)/t24-,25-,27-,31+,33-/m0/s1. The van der Waals surface area contributed by atoms with Crippen LogP contribution >= 0.6 is 23.2 Å². The van der Waals surface area contributed by atoms with E-state index in [1.54, 1.807) is 6.07 Å². The van der Waals surface area contributed by atoms with E-state index < -0.39 is 0 Å². The number of hydrogen-bond donors (Lipinski definition) is 2. The summed E-state index contributed by atoms with van der Waals surface area (Å²) in [4.78, 5) is 44.3. The Kier molecular flexibility index (Phi) is 10.1. The minimum absolute atomic E-state index is 0.00702. The van der Waals surface area contributed by atoms with Gasteiger partial charge in [0.05, 0.1) is 23.5 Å². The first kappa shape index (κ1) is 36.0. The molecule has 3 aromatic rings. The highest BCUT2D eigenvalue weighted by molar-refractivity contribution is 6.35. The maximum absolute atomic E-state index is 14.3. The highest BCUT2D eigenvalue weighted by atomic mass is 35.5. The van der Waals surface area contributed by atoms with Crippen LogP contribution in [0.5, 0.6) is 0 Å². The van der Waals surface area contributed by atoms with Crippen LogP contribution < -0.4 is 21.1 Å². The first-order valence-electron chi connectivity index (χ1n) is 18.6. The van der Waals surface area contributed by atoms with E-state index in [9.17, 15) is 9.59 Å². The third-order valence-corrected chi connectivity index (χ3v) is 12.9. The molecule has 10 nitrogen and oxygen atoms in total. The first-order chi connectivity index (χ1) is 24.3. The van der Waals surface area contributed by atoms with Gasteiger partial charge in [-0.25, -0.2) is 9.98 Å². The summed E-state index contributed by atoms with van der Waals surface area (Å²) in [6, 6.07) is 11.9. The lowest BCUT2D eigenvalue weighted by atomic mass is 9.45. The van der Waals surface area contributed by atoms with Gasteiger partial charge in [0.2, 0.25) is 11.9 Å². The molecule has 0 spiro atoms. The minimum atomic E-state index is -0.0776. The number of nitrogens with zero attached hydrogens (tertiary/aromatic N) is 6. The van der Waals surface area contributed by atoms with Crippen molar-refractivity contribution in [3.63, 3.8) is 0 Å². The number of aliphatic imine (C=N–C) groups is 1. The van der Waals surface area contributed by atoms with Gasteiger partial charge < -0.3 is 20.4 Å². The molecular formula is C39H52Cl2N8O2. The number of halogens is 2. The number of hydrogen-bond acceptors (Lipinski definition) is 6. The Morgan fingerprint density at radius 2 is 1.82 bits per heavy atom. The molecule has 1 amide bonds. The summed E-state index contributed by atoms with van der Waals surface area (Å²) < 4.78 is 1.81. The number of anilines is 2. The number of amides is 1. The zero-order valence-electron chi connectivity index (χ0n) is 30.8. The molecule has 2 aromatic carbocycles. The summed E-state index contributed by atoms with van der Waals surface area (Å²) in [6.07, 6.45) is 2.91. The molecule has 8 rings (SSSR count). The van der Waals surface area contributed by atoms with E-state index in [1.165, 1.54) is 6.42 Å². The third-order valence-electron chi connectivity index (χ3n) is 12.3. The number of carbonyl (C=O) groups is 1. The van der Waals surface area contributed by atoms with Crippen molar-refractivity contribution in [2.75, 3.05) is 49.5 Å². The van der Waals surface area contributed by atoms with E-state index >= 15 is 0 Å². The van der Waals surface area contributed by atoms with Gasteiger partial charge >= 0.3 is 0 Å². The molecule has 2 bridgehead atoms. The number of fused-ring (bicyclic) bond motifs is 3. The number of guanidine groups is 1. The van der Waals surface area contributed by atoms with Gasteiger partial charge in [0.15, 0.2) is 5.96 Å². The number of rotatable bonds is 7. The van der Waals surface area contributed by atoms with Gasteiger partial charge in [-0.3, -0.25) is 19.1 Å². The Bertz CT molecular complexity index is 1880. The second kappa shape index (κ2) is 14.2. The average molecular weight is 736 g/mol. The number of carbonyl (C=O) groups excluding carboxylic acids is 1. The number of piperazine rings is 2. The van der Waals surface area contributed by atoms with Crippen molar-refractivity contribution in [1.29, 1.82) is 0 Å². The normalized spacial score (nSPS) is 26.7. The molecule has 1 aromatic heterocycles. The molecule has 274 valence electrons. The van der Waals surface area contributed by atoms with E-state index in [4.69, 9.17) is 33.2 Å². The van der Waals surface area contributed by atoms with Crippen molar-refractivity contribution >= 4 is 57.6 Å². The maximum Gasteiger partial charge on any atom is 0.262 e. The van der Waals surface area contributed by atoms with E-state index in [2.05, 4.69) is 60.0 Å². The van der Waals surface area contributed by atoms with E-state index in [-0.39, 0.29) is 30.1 Å². The van der Waals surface area contributed by atoms with E-state index in [1.807, 2.05) is 41.8 Å². The molecule has 3 aliphatic carbocycles. The lowest BCUT2D eigenvalue weighted by Gasteiger charge is -2.61. The molecule has 12 heteroatoms. The van der Waals surface area contributed by atoms with Crippen molar-refractivity contribution in [2.24, 2.45) is 28.2 Å². The quantitative estimate of drug-likeness (QED) is 0.223. The van der Waals surface area contributed by atoms with Crippen molar-refractivity contribution < 1.29 is 4.79 Å². The van der Waals surface area contributed by atoms with E-state index in [0.717, 1.165) is 43.9 Å². The monoisotopic (exact) mass is 734 g/mol. The van der Waals surface area contributed by atoms with Crippen LogP contribution in [0, 0.1) is 23.2 Å². The van der Waals surface area contributed by atoms with Crippen LogP contribution in [0.1, 0.15) is 59.9 Å². The minimum Gasteiger partial charge on any atom is -0.350 e. The number of aryl methyl sites for hydroxylation is 1. The van der Waals surface area contributed by atoms with Crippen molar-refractivity contribution in [3.05, 3.63) is 62.4 Å². The van der Waals surface area contributed by atoms with Crippen molar-refractivity contribution in [3.8, 4) is 0 Å². The molecule has 51 heavy (non-hydrogen) atoms. The molecule has 3 saturated carbocycles. The average Bonchev–Trinajstić information content (AvgIpc) is 3.08. The largest absolute Gasteiger partial charge is 0.350 e. The number of benzene rings is 2. The summed E-state index contributed by atoms with van der Waals surface area (Å²) in [5.74, 6) is 3.15. The topological polar surface area (TPSA) is 98.1 Å². The zero-order valence-corrected chi connectivity index (χ0v) is 32.3. The fourth-order valence-corrected chi connectivity index (χ4v) is 9.50. The fourth-order valence-electron chi connectivity index (χ4n) is 8.99. The van der Waals surface area contributed by atoms with E-state index in [0.29, 0.717) is 81.6 Å². The molecule has 2 aliphatic heterocycles. The molecule has 2 N–H and O–H groups in total. The highest BCUT2D eigenvalue weighted by Gasteiger charge is 2.56. The first-order valence-corrected chi connectivity index (χ1v) is 19.4. The smallest absolute Gasteiger partial charge is 0.262 e. The van der Waals surface area contributed by atoms with Gasteiger partial charge in [0.25, 0.3) is 5.56 Å². The number of aromatic nitrogens is 2. The van der Waals surface area contributed by atoms with Crippen LogP contribution in [0.4, 0.5) is 11.6 Å². The molecule has 5 fully saturated rings. The Morgan fingerprint density at radius 3 is 2.49 bits per heavy atom. The van der Waals surface area contributed by atoms with Crippen LogP contribution in [-0.4, -0.2) is 88.6 Å². The predicted octanol–water partition coefficient (Wildman–Crippen LogP) is 6.14. The van der Waals surface area contributed by atoms with Crippen LogP contribution in [0.2, 0.25) is 10.0 Å². The summed E-state index contributed by atoms with van der Waals surface area (Å²) in [7, 11) is 0. The van der Waals surface area contributed by atoms with Gasteiger partial charge in [-0.2, -0.15) is 0 Å². The zero-order chi connectivity index (χ0) is 36.2. The second-order valence-electron chi connectivity index (χ2n) is 16.2. The molecule has 0 unspecified atom stereocenters. The molecule has 2 saturated heterocycles. The Labute approximate surface area is 311 Å². The lowest BCUT2D eigenvalue weighted by molar-refractivity contribution is -0.124. The van der Waals surface area contributed by atoms with Gasteiger partial charge in [-0.1, -0.05) is 50.0 Å². The lowest BCUT2D eigenvalue weighted by Crippen LogP contribution is -2.58. The van der Waals surface area contributed by atoms with Gasteiger partial charge in [-0.15, -0.1) is 0 Å². The summed E-state index contributed by atoms with van der Waals surface area (Å²) in [5, 5.41) is 8.38. The maximum atomic E-state index is 14.3. The summed E-state index contributed by atoms with van der Waals surface area (Å²) in [6.45, 7) is 18.3. The Hall–Kier alpha value is -3.34. The Balaban J connectivity index is 1.23. The molecule has 0 radical (unpaired) electrons. The van der Waals surface area contributed by atoms with Gasteiger partial charge in [0, 0.05) is 67.1 Å². The molecule has 5 aliphatic rings. The summed E-state index contributed by atoms with van der Waals surface area (Å²) in [5.41, 5.74) is 2.64. The van der Waals surface area contributed by atoms with Crippen LogP contribution in [0.25, 0.3) is 10.9 Å². The van der Waals surface area contributed by atoms with Gasteiger partial charge in [-0.05, 0) is 99.1 Å². The van der Waals surface area contributed by atoms with Crippen LogP contribution in [-0.2, 0) is 17.8 Å². The Morgan fingerprint density at radius 1 is 1.06 bits per heavy atom. The van der Waals surface area contributed by atoms with Crippen molar-refractivity contribution in [2.45, 2.75) is 85.5 Å². The predicted molar refractivity (Wildman–Crippen MR) is 208 cm³/mol. The number of nitrogens with one attached hydrogen (secondary N) is 2. The molecule has 3 heterocycles. The summed E-state index contributed by atoms with van der Waals surface area (Å²) >= 11 is 12.7. The SMILES string of the molecule is CC(C)N1CCN(c2nc3cc(NC(=N[C@H]4C[C@@H]5C[C@H]([C@@H]4C)C5(C)C)N4CC(=O)N[C@@H](C)C4)ccc3c(=O)n2CCc2ccc(Cl)cc2Cl)CC1. The van der Waals surface area contributed by atoms with Crippen molar-refractivity contribution in [1.82, 2.24) is 24.7 Å². The third kappa shape index (κ3) is 7.20. The molecule has 5 atom stereocenters. The second-order valence-corrected chi connectivity index (χ2v) is 17.0. The van der Waals surface area contributed by atoms with Crippen LogP contribution in [0.15, 0.2) is 46.2 Å². The molecular weight excluding hydrogens is 683 g/mol. The van der Waals surface area contributed by atoms with Crippen LogP contribution in [0.3, 0.4) is 0 Å². The fraction of sp³-hybridized carbons (Fsp3) is 0.590. The van der Waals surface area contributed by atoms with Gasteiger partial charge in [0.1, 0.15) is 0 Å². The highest BCUT2D eigenvalue weighted by Crippen LogP contribution is 2.61.